The maximum absolute atomic E-state index is 12.2. The normalized spacial score (nSPS) is 14.5. The van der Waals surface area contributed by atoms with Gasteiger partial charge in [-0.3, -0.25) is 9.20 Å². The summed E-state index contributed by atoms with van der Waals surface area (Å²) in [4.78, 5) is 14.4. The summed E-state index contributed by atoms with van der Waals surface area (Å²) in [6.45, 7) is 4.82. The molecule has 0 bridgehead atoms. The summed E-state index contributed by atoms with van der Waals surface area (Å²) >= 11 is 1.70. The van der Waals surface area contributed by atoms with Crippen LogP contribution in [0.25, 0.3) is 5.65 Å². The highest BCUT2D eigenvalue weighted by Crippen LogP contribution is 2.31. The van der Waals surface area contributed by atoms with Crippen LogP contribution in [0.2, 0.25) is 0 Å². The number of benzene rings is 1. The number of fused-ring (bicyclic) bond motifs is 1. The minimum absolute atomic E-state index is 0.188. The topological polar surface area (TPSA) is 59.3 Å². The second kappa shape index (κ2) is 7.72. The van der Waals surface area contributed by atoms with Crippen LogP contribution in [0, 0.1) is 5.92 Å². The number of amides is 1. The van der Waals surface area contributed by atoms with Gasteiger partial charge in [0.25, 0.3) is 0 Å². The Bertz CT molecular complexity index is 962. The van der Waals surface area contributed by atoms with Crippen LogP contribution in [-0.2, 0) is 11.3 Å². The highest BCUT2D eigenvalue weighted by atomic mass is 32.2. The number of nitrogens with one attached hydrogen (secondary N) is 1. The van der Waals surface area contributed by atoms with E-state index in [1.165, 1.54) is 6.42 Å². The zero-order valence-electron chi connectivity index (χ0n) is 15.7. The molecule has 3 aromatic rings. The van der Waals surface area contributed by atoms with Crippen molar-refractivity contribution in [1.82, 2.24) is 19.9 Å². The molecular formula is C21H24N4OS. The fourth-order valence-corrected chi connectivity index (χ4v) is 4.18. The molecular weight excluding hydrogens is 356 g/mol. The Balaban J connectivity index is 1.53. The summed E-state index contributed by atoms with van der Waals surface area (Å²) in [5.41, 5.74) is 2.01. The first-order valence-electron chi connectivity index (χ1n) is 9.50. The van der Waals surface area contributed by atoms with Crippen LogP contribution in [0.3, 0.4) is 0 Å². The molecule has 1 aliphatic carbocycles. The molecule has 140 valence electrons. The lowest BCUT2D eigenvalue weighted by Gasteiger charge is -2.24. The van der Waals surface area contributed by atoms with Crippen molar-refractivity contribution >= 4 is 23.3 Å². The third-order valence-corrected chi connectivity index (χ3v) is 6.14. The van der Waals surface area contributed by atoms with Crippen molar-refractivity contribution in [2.45, 2.75) is 55.4 Å². The van der Waals surface area contributed by atoms with Gasteiger partial charge in [0.1, 0.15) is 5.82 Å². The molecule has 2 heterocycles. The van der Waals surface area contributed by atoms with Gasteiger partial charge in [-0.15, -0.1) is 10.2 Å². The summed E-state index contributed by atoms with van der Waals surface area (Å²) in [5, 5.41) is 11.6. The molecule has 1 fully saturated rings. The number of hydrogen-bond donors (Lipinski definition) is 1. The molecule has 0 aliphatic heterocycles. The van der Waals surface area contributed by atoms with E-state index in [0.29, 0.717) is 12.5 Å². The zero-order valence-corrected chi connectivity index (χ0v) is 16.5. The van der Waals surface area contributed by atoms with Crippen molar-refractivity contribution in [1.29, 1.82) is 0 Å². The minimum atomic E-state index is 0.188. The summed E-state index contributed by atoms with van der Waals surface area (Å²) in [6, 6.07) is 12.3. The lowest BCUT2D eigenvalue weighted by Crippen LogP contribution is -2.34. The molecule has 27 heavy (non-hydrogen) atoms. The van der Waals surface area contributed by atoms with Crippen molar-refractivity contribution in [3.05, 3.63) is 54.0 Å². The van der Waals surface area contributed by atoms with Crippen LogP contribution in [0.5, 0.6) is 0 Å². The third kappa shape index (κ3) is 3.86. The van der Waals surface area contributed by atoms with Gasteiger partial charge in [-0.05, 0) is 36.6 Å². The zero-order chi connectivity index (χ0) is 18.8. The van der Waals surface area contributed by atoms with Crippen molar-refractivity contribution < 1.29 is 4.79 Å². The number of hydrogen-bond acceptors (Lipinski definition) is 4. The lowest BCUT2D eigenvalue weighted by atomic mass is 9.85. The summed E-state index contributed by atoms with van der Waals surface area (Å²) in [7, 11) is 0. The highest BCUT2D eigenvalue weighted by molar-refractivity contribution is 7.99. The third-order valence-electron chi connectivity index (χ3n) is 5.05. The van der Waals surface area contributed by atoms with E-state index >= 15 is 0 Å². The van der Waals surface area contributed by atoms with E-state index in [-0.39, 0.29) is 11.8 Å². The van der Waals surface area contributed by atoms with Gasteiger partial charge in [-0.2, -0.15) is 0 Å². The van der Waals surface area contributed by atoms with E-state index in [4.69, 9.17) is 0 Å². The average molecular weight is 381 g/mol. The highest BCUT2D eigenvalue weighted by Gasteiger charge is 2.24. The quantitative estimate of drug-likeness (QED) is 0.688. The standard InChI is InChI=1S/C21H24N4OS/c1-14(2)20-24-23-19-11-10-17(13-25(19)20)27-18-9-4-3-6-16(18)12-22-21(26)15-7-5-8-15/h3-4,6,9-11,13-15H,5,7-8,12H2,1-2H3,(H,22,26). The molecule has 0 saturated heterocycles. The second-order valence-corrected chi connectivity index (χ2v) is 8.48. The smallest absolute Gasteiger partial charge is 0.223 e. The number of pyridine rings is 1. The average Bonchev–Trinajstić information content (AvgIpc) is 3.03. The second-order valence-electron chi connectivity index (χ2n) is 7.36. The number of aromatic nitrogens is 3. The van der Waals surface area contributed by atoms with Crippen molar-refractivity contribution in [2.75, 3.05) is 0 Å². The van der Waals surface area contributed by atoms with Crippen molar-refractivity contribution in [3.8, 4) is 0 Å². The van der Waals surface area contributed by atoms with Gasteiger partial charge in [0.15, 0.2) is 5.65 Å². The number of rotatable bonds is 6. The van der Waals surface area contributed by atoms with Gasteiger partial charge in [0.2, 0.25) is 5.91 Å². The van der Waals surface area contributed by atoms with E-state index in [2.05, 4.69) is 58.2 Å². The molecule has 0 radical (unpaired) electrons. The molecule has 0 atom stereocenters. The van der Waals surface area contributed by atoms with Crippen molar-refractivity contribution in [2.24, 2.45) is 5.92 Å². The SMILES string of the molecule is CC(C)c1nnc2ccc(Sc3ccccc3CNC(=O)C3CCC3)cn12. The fourth-order valence-electron chi connectivity index (χ4n) is 3.22. The van der Waals surface area contributed by atoms with Crippen LogP contribution in [0.1, 0.15) is 50.4 Å². The molecule has 4 rings (SSSR count). The van der Waals surface area contributed by atoms with E-state index in [1.54, 1.807) is 11.8 Å². The number of carbonyl (C=O) groups is 1. The fraction of sp³-hybridized carbons (Fsp3) is 0.381. The van der Waals surface area contributed by atoms with E-state index in [9.17, 15) is 4.79 Å². The molecule has 1 aliphatic rings. The van der Waals surface area contributed by atoms with E-state index in [1.807, 2.05) is 18.2 Å². The van der Waals surface area contributed by atoms with Gasteiger partial charge in [-0.1, -0.05) is 50.2 Å². The van der Waals surface area contributed by atoms with Gasteiger partial charge in [0, 0.05) is 34.4 Å². The Kier molecular flexibility index (Phi) is 5.16. The summed E-state index contributed by atoms with van der Waals surface area (Å²) in [6.07, 6.45) is 5.33. The van der Waals surface area contributed by atoms with Crippen LogP contribution in [-0.4, -0.2) is 20.5 Å². The Morgan fingerprint density at radius 3 is 2.78 bits per heavy atom. The van der Waals surface area contributed by atoms with Crippen molar-refractivity contribution in [3.63, 3.8) is 0 Å². The minimum Gasteiger partial charge on any atom is -0.352 e. The predicted octanol–water partition coefficient (Wildman–Crippen LogP) is 4.42. The number of nitrogens with zero attached hydrogens (tertiary/aromatic N) is 3. The molecule has 1 saturated carbocycles. The summed E-state index contributed by atoms with van der Waals surface area (Å²) < 4.78 is 2.06. The molecule has 0 unspecified atom stereocenters. The van der Waals surface area contributed by atoms with E-state index in [0.717, 1.165) is 39.7 Å². The molecule has 2 aromatic heterocycles. The van der Waals surface area contributed by atoms with Crippen LogP contribution in [0.15, 0.2) is 52.4 Å². The first-order chi connectivity index (χ1) is 13.1. The Morgan fingerprint density at radius 2 is 2.04 bits per heavy atom. The van der Waals surface area contributed by atoms with Gasteiger partial charge in [-0.25, -0.2) is 0 Å². The monoisotopic (exact) mass is 380 g/mol. The van der Waals surface area contributed by atoms with E-state index < -0.39 is 0 Å². The van der Waals surface area contributed by atoms with Gasteiger partial charge < -0.3 is 5.32 Å². The first-order valence-corrected chi connectivity index (χ1v) is 10.3. The Labute approximate surface area is 163 Å². The molecule has 5 nitrogen and oxygen atoms in total. The predicted molar refractivity (Wildman–Crippen MR) is 107 cm³/mol. The van der Waals surface area contributed by atoms with Gasteiger partial charge in [0.05, 0.1) is 0 Å². The Hall–Kier alpha value is -2.34. The molecule has 1 aromatic carbocycles. The van der Waals surface area contributed by atoms with Crippen LogP contribution >= 0.6 is 11.8 Å². The molecule has 1 amide bonds. The van der Waals surface area contributed by atoms with Crippen LogP contribution in [0.4, 0.5) is 0 Å². The lowest BCUT2D eigenvalue weighted by molar-refractivity contribution is -0.127. The first kappa shape index (κ1) is 18.0. The molecule has 0 spiro atoms. The van der Waals surface area contributed by atoms with Gasteiger partial charge >= 0.3 is 0 Å². The number of carbonyl (C=O) groups excluding carboxylic acids is 1. The largest absolute Gasteiger partial charge is 0.352 e. The maximum Gasteiger partial charge on any atom is 0.223 e. The van der Waals surface area contributed by atoms with Crippen LogP contribution < -0.4 is 5.32 Å². The molecule has 1 N–H and O–H groups in total. The maximum atomic E-state index is 12.2. The molecule has 6 heteroatoms. The summed E-state index contributed by atoms with van der Waals surface area (Å²) in [5.74, 6) is 1.69. The Morgan fingerprint density at radius 1 is 1.22 bits per heavy atom.